The maximum Gasteiger partial charge on any atom is 0.337 e. The Bertz CT molecular complexity index is 921. The molecule has 1 aromatic heterocycles. The van der Waals surface area contributed by atoms with Crippen LogP contribution in [0.15, 0.2) is 31.7 Å². The molecule has 0 saturated carbocycles. The Morgan fingerprint density at radius 3 is 1.00 bits per heavy atom. The van der Waals surface area contributed by atoms with Crippen molar-refractivity contribution >= 4 is 17.8 Å². The van der Waals surface area contributed by atoms with Gasteiger partial charge in [0.1, 0.15) is 19.6 Å². The van der Waals surface area contributed by atoms with Gasteiger partial charge < -0.3 is 14.2 Å². The van der Waals surface area contributed by atoms with E-state index < -0.39 is 36.7 Å². The van der Waals surface area contributed by atoms with Gasteiger partial charge in [0.15, 0.2) is 35.1 Å². The quantitative estimate of drug-likeness (QED) is 0.287. The molecule has 12 heteroatoms. The van der Waals surface area contributed by atoms with Crippen LogP contribution in [0.1, 0.15) is 20.8 Å². The highest BCUT2D eigenvalue weighted by Crippen LogP contribution is 1.98. The Morgan fingerprint density at radius 2 is 0.833 bits per heavy atom. The van der Waals surface area contributed by atoms with Crippen molar-refractivity contribution in [1.29, 1.82) is 0 Å². The number of hydrogen-bond donors (Lipinski definition) is 0. The molecule has 0 aliphatic heterocycles. The van der Waals surface area contributed by atoms with Crippen molar-refractivity contribution in [3.8, 4) is 0 Å². The Morgan fingerprint density at radius 1 is 0.600 bits per heavy atom. The summed E-state index contributed by atoms with van der Waals surface area (Å²) in [5, 5.41) is 0. The van der Waals surface area contributed by atoms with Crippen LogP contribution in [0.5, 0.6) is 0 Å². The fraction of sp³-hybridized carbons (Fsp3) is 0.500. The Labute approximate surface area is 169 Å². The van der Waals surface area contributed by atoms with Gasteiger partial charge in [0, 0.05) is 0 Å². The first-order valence-electron chi connectivity index (χ1n) is 8.93. The average Bonchev–Trinajstić information content (AvgIpc) is 2.74. The van der Waals surface area contributed by atoms with Crippen LogP contribution in [-0.2, 0) is 48.2 Å². The van der Waals surface area contributed by atoms with Gasteiger partial charge in [0.05, 0.1) is 19.8 Å². The molecule has 0 radical (unpaired) electrons. The molecule has 0 bridgehead atoms. The number of hydrogen-bond acceptors (Lipinski definition) is 9. The van der Waals surface area contributed by atoms with Crippen LogP contribution in [0, 0.1) is 0 Å². The van der Waals surface area contributed by atoms with Crippen molar-refractivity contribution in [3.63, 3.8) is 0 Å². The molecule has 1 rings (SSSR count). The summed E-state index contributed by atoms with van der Waals surface area (Å²) in [6, 6.07) is 0. The third-order valence-electron chi connectivity index (χ3n) is 3.59. The molecule has 162 valence electrons. The molecule has 1 heterocycles. The Hall–Kier alpha value is -3.84. The normalized spacial score (nSPS) is 9.70. The lowest BCUT2D eigenvalue weighted by Crippen LogP contribution is -2.55. The van der Waals surface area contributed by atoms with Crippen molar-refractivity contribution in [2.24, 2.45) is 0 Å². The molecule has 30 heavy (non-hydrogen) atoms. The summed E-state index contributed by atoms with van der Waals surface area (Å²) in [5.41, 5.74) is -3.39. The number of ether oxygens (including phenoxy) is 3. The highest BCUT2D eigenvalue weighted by Gasteiger charge is 2.20. The van der Waals surface area contributed by atoms with E-state index in [-0.39, 0.29) is 37.1 Å². The lowest BCUT2D eigenvalue weighted by molar-refractivity contribution is 0.201. The summed E-state index contributed by atoms with van der Waals surface area (Å²) in [6.07, 6.45) is 0. The zero-order chi connectivity index (χ0) is 22.7. The minimum atomic E-state index is -1.13. The molecule has 12 nitrogen and oxygen atoms in total. The largest absolute Gasteiger partial charge is 0.485 e. The molecular formula is C18H21N3O9. The standard InChI is InChI=1S/C18H21N3O9/c1-4-28-13(10-22)7-19-16(25)20(8-14(11-23)29-5-2)18(27)21(17(19)26)9-15(12-24)30-6-3/h4-9H2,1-3H3. The lowest BCUT2D eigenvalue weighted by atomic mass is 10.4. The van der Waals surface area contributed by atoms with E-state index in [4.69, 9.17) is 14.2 Å². The van der Waals surface area contributed by atoms with Gasteiger partial charge in [0.25, 0.3) is 0 Å². The molecule has 0 aliphatic rings. The van der Waals surface area contributed by atoms with Crippen LogP contribution in [0.25, 0.3) is 0 Å². The van der Waals surface area contributed by atoms with E-state index in [0.29, 0.717) is 13.7 Å². The lowest BCUT2D eigenvalue weighted by Gasteiger charge is -2.15. The van der Waals surface area contributed by atoms with E-state index >= 15 is 0 Å². The van der Waals surface area contributed by atoms with E-state index in [2.05, 4.69) is 0 Å². The Kier molecular flexibility index (Phi) is 9.58. The molecule has 0 aromatic carbocycles. The van der Waals surface area contributed by atoms with E-state index in [0.717, 1.165) is 0 Å². The fourth-order valence-electron chi connectivity index (χ4n) is 2.36. The molecular weight excluding hydrogens is 402 g/mol. The monoisotopic (exact) mass is 423 g/mol. The number of nitrogens with zero attached hydrogens (tertiary/aromatic N) is 3. The highest BCUT2D eigenvalue weighted by molar-refractivity contribution is 5.50. The predicted octanol–water partition coefficient (Wildman–Crippen LogP) is -1.57. The third-order valence-corrected chi connectivity index (χ3v) is 3.59. The van der Waals surface area contributed by atoms with Crippen LogP contribution in [0.4, 0.5) is 0 Å². The summed E-state index contributed by atoms with van der Waals surface area (Å²) in [7, 11) is 0. The SMILES string of the molecule is CCOC(=C=O)Cn1c(=O)n(CC(=C=O)OCC)c(=O)n(CC(=C=O)OCC)c1=O. The first-order valence-corrected chi connectivity index (χ1v) is 8.93. The van der Waals surface area contributed by atoms with Crippen LogP contribution < -0.4 is 17.1 Å². The van der Waals surface area contributed by atoms with Gasteiger partial charge in [-0.1, -0.05) is 0 Å². The third kappa shape index (κ3) is 5.83. The predicted molar refractivity (Wildman–Crippen MR) is 102 cm³/mol. The van der Waals surface area contributed by atoms with E-state index in [9.17, 15) is 28.8 Å². The van der Waals surface area contributed by atoms with Crippen molar-refractivity contribution in [3.05, 3.63) is 48.7 Å². The molecule has 0 unspecified atom stereocenters. The minimum absolute atomic E-state index is 0.0674. The van der Waals surface area contributed by atoms with E-state index in [1.165, 1.54) is 17.8 Å². The summed E-state index contributed by atoms with van der Waals surface area (Å²) in [6.45, 7) is 3.05. The molecule has 0 amide bonds. The van der Waals surface area contributed by atoms with Gasteiger partial charge in [-0.05, 0) is 20.8 Å². The highest BCUT2D eigenvalue weighted by atomic mass is 16.5. The second-order valence-electron chi connectivity index (χ2n) is 5.48. The summed E-state index contributed by atoms with van der Waals surface area (Å²) >= 11 is 0. The van der Waals surface area contributed by atoms with E-state index in [1.807, 2.05) is 0 Å². The van der Waals surface area contributed by atoms with Crippen LogP contribution >= 0.6 is 0 Å². The molecule has 1 aromatic rings. The van der Waals surface area contributed by atoms with Crippen LogP contribution in [0.2, 0.25) is 0 Å². The number of aromatic nitrogens is 3. The zero-order valence-corrected chi connectivity index (χ0v) is 16.8. The maximum atomic E-state index is 12.8. The second-order valence-corrected chi connectivity index (χ2v) is 5.48. The number of rotatable bonds is 12. The van der Waals surface area contributed by atoms with E-state index in [1.54, 1.807) is 20.8 Å². The number of allylic oxidation sites excluding steroid dienone is 3. The van der Waals surface area contributed by atoms with Gasteiger partial charge in [-0.25, -0.2) is 42.5 Å². The summed E-state index contributed by atoms with van der Waals surface area (Å²) in [5.74, 6) is 3.32. The van der Waals surface area contributed by atoms with Gasteiger partial charge in [-0.3, -0.25) is 0 Å². The smallest absolute Gasteiger partial charge is 0.337 e. The molecule has 0 aliphatic carbocycles. The molecule has 0 fully saturated rings. The van der Waals surface area contributed by atoms with Crippen molar-refractivity contribution in [1.82, 2.24) is 13.7 Å². The molecule has 0 saturated heterocycles. The Balaban J connectivity index is 3.76. The maximum absolute atomic E-state index is 12.8. The fourth-order valence-corrected chi connectivity index (χ4v) is 2.36. The molecule has 0 atom stereocenters. The van der Waals surface area contributed by atoms with Crippen molar-refractivity contribution in [2.45, 2.75) is 40.4 Å². The van der Waals surface area contributed by atoms with Crippen molar-refractivity contribution < 1.29 is 28.6 Å². The van der Waals surface area contributed by atoms with Gasteiger partial charge in [0.2, 0.25) is 0 Å². The van der Waals surface area contributed by atoms with Gasteiger partial charge in [-0.2, -0.15) is 0 Å². The topological polar surface area (TPSA) is 145 Å². The first-order chi connectivity index (χ1) is 14.4. The summed E-state index contributed by atoms with van der Waals surface area (Å²) in [4.78, 5) is 71.4. The van der Waals surface area contributed by atoms with Crippen LogP contribution in [0.3, 0.4) is 0 Å². The van der Waals surface area contributed by atoms with Crippen molar-refractivity contribution in [2.75, 3.05) is 19.8 Å². The first kappa shape index (κ1) is 24.2. The zero-order valence-electron chi connectivity index (χ0n) is 16.8. The van der Waals surface area contributed by atoms with Gasteiger partial charge in [-0.15, -0.1) is 0 Å². The second kappa shape index (κ2) is 11.9. The number of carbonyl (C=O) groups excluding carboxylic acids is 3. The summed E-state index contributed by atoms with van der Waals surface area (Å²) < 4.78 is 16.6. The average molecular weight is 423 g/mol. The molecule has 0 spiro atoms. The molecule has 0 N–H and O–H groups in total. The van der Waals surface area contributed by atoms with Gasteiger partial charge >= 0.3 is 17.1 Å². The minimum Gasteiger partial charge on any atom is -0.485 e. The van der Waals surface area contributed by atoms with Crippen LogP contribution in [-0.4, -0.2) is 51.3 Å².